The van der Waals surface area contributed by atoms with Gasteiger partial charge in [-0.2, -0.15) is 5.10 Å². The summed E-state index contributed by atoms with van der Waals surface area (Å²) in [5.41, 5.74) is 1.93. The zero-order valence-corrected chi connectivity index (χ0v) is 14.5. The molecule has 1 aromatic carbocycles. The van der Waals surface area contributed by atoms with Gasteiger partial charge in [0.25, 0.3) is 5.69 Å². The molecule has 2 heterocycles. The first-order valence-corrected chi connectivity index (χ1v) is 7.75. The maximum absolute atomic E-state index is 12.5. The first kappa shape index (κ1) is 18.9. The molecule has 0 saturated carbocycles. The Morgan fingerprint density at radius 1 is 1.40 bits per heavy atom. The molecule has 1 amide bonds. The van der Waals surface area contributed by atoms with Crippen molar-refractivity contribution in [1.82, 2.24) is 20.4 Å². The van der Waals surface area contributed by atoms with E-state index in [0.29, 0.717) is 13.1 Å². The predicted octanol–water partition coefficient (Wildman–Crippen LogP) is 1.37. The second-order valence-corrected chi connectivity index (χ2v) is 5.96. The minimum absolute atomic E-state index is 0. The minimum atomic E-state index is -0.439. The van der Waals surface area contributed by atoms with Crippen molar-refractivity contribution in [2.24, 2.45) is 13.0 Å². The van der Waals surface area contributed by atoms with Crippen LogP contribution in [0.25, 0.3) is 0 Å². The molecule has 1 aliphatic heterocycles. The Kier molecular flexibility index (Phi) is 6.11. The molecule has 2 atom stereocenters. The molecule has 8 nitrogen and oxygen atoms in total. The van der Waals surface area contributed by atoms with Crippen molar-refractivity contribution in [3.63, 3.8) is 0 Å². The molecule has 0 bridgehead atoms. The summed E-state index contributed by atoms with van der Waals surface area (Å²) >= 11 is 0. The lowest BCUT2D eigenvalue weighted by Gasteiger charge is -2.17. The highest BCUT2D eigenvalue weighted by atomic mass is 35.5. The summed E-state index contributed by atoms with van der Waals surface area (Å²) in [6.07, 6.45) is 3.74. The number of nitro groups is 1. The van der Waals surface area contributed by atoms with Gasteiger partial charge in [0.05, 0.1) is 17.0 Å². The Hall–Kier alpha value is -2.45. The van der Waals surface area contributed by atoms with E-state index in [2.05, 4.69) is 15.7 Å². The van der Waals surface area contributed by atoms with Gasteiger partial charge in [0.15, 0.2) is 0 Å². The highest BCUT2D eigenvalue weighted by Gasteiger charge is 2.34. The molecule has 134 valence electrons. The number of nitrogens with one attached hydrogen (secondary N) is 2. The third kappa shape index (κ3) is 4.34. The van der Waals surface area contributed by atoms with E-state index in [-0.39, 0.29) is 35.8 Å². The number of carbonyl (C=O) groups excluding carboxylic acids is 1. The molecular weight excluding hydrogens is 346 g/mol. The number of hydrogen-bond acceptors (Lipinski definition) is 5. The largest absolute Gasteiger partial charge is 0.352 e. The van der Waals surface area contributed by atoms with E-state index in [1.54, 1.807) is 23.0 Å². The maximum Gasteiger partial charge on any atom is 0.269 e. The molecule has 3 rings (SSSR count). The molecule has 1 aliphatic rings. The quantitative estimate of drug-likeness (QED) is 0.615. The van der Waals surface area contributed by atoms with Gasteiger partial charge < -0.3 is 10.6 Å². The second kappa shape index (κ2) is 8.09. The summed E-state index contributed by atoms with van der Waals surface area (Å²) in [5, 5.41) is 21.0. The lowest BCUT2D eigenvalue weighted by molar-refractivity contribution is -0.384. The van der Waals surface area contributed by atoms with E-state index in [9.17, 15) is 14.9 Å². The topological polar surface area (TPSA) is 102 Å². The molecule has 2 aromatic rings. The smallest absolute Gasteiger partial charge is 0.269 e. The van der Waals surface area contributed by atoms with Gasteiger partial charge in [-0.25, -0.2) is 0 Å². The van der Waals surface area contributed by atoms with Crippen LogP contribution in [0.2, 0.25) is 0 Å². The van der Waals surface area contributed by atoms with Crippen molar-refractivity contribution in [2.75, 3.05) is 13.1 Å². The number of non-ortho nitro benzene ring substituents is 1. The maximum atomic E-state index is 12.5. The molecule has 0 aliphatic carbocycles. The van der Waals surface area contributed by atoms with E-state index >= 15 is 0 Å². The van der Waals surface area contributed by atoms with Gasteiger partial charge in [-0.05, 0) is 11.1 Å². The molecule has 9 heteroatoms. The highest BCUT2D eigenvalue weighted by Crippen LogP contribution is 2.28. The summed E-state index contributed by atoms with van der Waals surface area (Å²) in [6.45, 7) is 1.74. The molecule has 2 N–H and O–H groups in total. The molecule has 0 unspecified atom stereocenters. The number of aromatic nitrogens is 2. The van der Waals surface area contributed by atoms with Crippen molar-refractivity contribution in [2.45, 2.75) is 12.5 Å². The number of amides is 1. The third-order valence-electron chi connectivity index (χ3n) is 4.32. The van der Waals surface area contributed by atoms with E-state index in [1.807, 2.05) is 13.2 Å². The molecular formula is C16H20ClN5O3. The standard InChI is InChI=1S/C16H19N5O3.ClH/c1-20-10-12(7-19-20)14-8-17-9-15(14)16(22)18-6-11-2-4-13(5-3-11)21(23)24;/h2-5,7,10,14-15,17H,6,8-9H2,1H3,(H,18,22);1H/t14-,15+;/m1./s1. The van der Waals surface area contributed by atoms with E-state index in [0.717, 1.165) is 17.7 Å². The number of halogens is 1. The zero-order valence-electron chi connectivity index (χ0n) is 13.7. The number of carbonyl (C=O) groups is 1. The van der Waals surface area contributed by atoms with Gasteiger partial charge in [-0.3, -0.25) is 19.6 Å². The van der Waals surface area contributed by atoms with Crippen molar-refractivity contribution < 1.29 is 9.72 Å². The normalized spacial score (nSPS) is 19.2. The fourth-order valence-corrected chi connectivity index (χ4v) is 2.99. The van der Waals surface area contributed by atoms with Crippen LogP contribution in [-0.2, 0) is 18.4 Å². The van der Waals surface area contributed by atoms with Crippen LogP contribution in [0.15, 0.2) is 36.7 Å². The number of aryl methyl sites for hydroxylation is 1. The van der Waals surface area contributed by atoms with Crippen LogP contribution in [0.5, 0.6) is 0 Å². The van der Waals surface area contributed by atoms with E-state index < -0.39 is 4.92 Å². The summed E-state index contributed by atoms with van der Waals surface area (Å²) in [6, 6.07) is 6.20. The molecule has 25 heavy (non-hydrogen) atoms. The monoisotopic (exact) mass is 365 g/mol. The van der Waals surface area contributed by atoms with Gasteiger partial charge in [0.1, 0.15) is 0 Å². The average molecular weight is 366 g/mol. The zero-order chi connectivity index (χ0) is 17.1. The number of nitrogens with zero attached hydrogens (tertiary/aromatic N) is 3. The molecule has 1 saturated heterocycles. The Bertz CT molecular complexity index is 746. The van der Waals surface area contributed by atoms with Crippen LogP contribution in [0, 0.1) is 16.0 Å². The van der Waals surface area contributed by atoms with Crippen molar-refractivity contribution in [3.8, 4) is 0 Å². The van der Waals surface area contributed by atoms with Crippen molar-refractivity contribution in [1.29, 1.82) is 0 Å². The van der Waals surface area contributed by atoms with Crippen LogP contribution >= 0.6 is 12.4 Å². The Labute approximate surface area is 151 Å². The molecule has 0 spiro atoms. The fraction of sp³-hybridized carbons (Fsp3) is 0.375. The molecule has 0 radical (unpaired) electrons. The van der Waals surface area contributed by atoms with Gasteiger partial charge >= 0.3 is 0 Å². The summed E-state index contributed by atoms with van der Waals surface area (Å²) in [5.74, 6) is -0.0602. The second-order valence-electron chi connectivity index (χ2n) is 5.96. The lowest BCUT2D eigenvalue weighted by Crippen LogP contribution is -2.33. The van der Waals surface area contributed by atoms with Crippen LogP contribution < -0.4 is 10.6 Å². The summed E-state index contributed by atoms with van der Waals surface area (Å²) < 4.78 is 1.74. The minimum Gasteiger partial charge on any atom is -0.352 e. The Morgan fingerprint density at radius 3 is 2.72 bits per heavy atom. The first-order valence-electron chi connectivity index (χ1n) is 7.75. The Morgan fingerprint density at radius 2 is 2.12 bits per heavy atom. The summed E-state index contributed by atoms with van der Waals surface area (Å²) in [7, 11) is 1.86. The van der Waals surface area contributed by atoms with E-state index in [4.69, 9.17) is 0 Å². The van der Waals surface area contributed by atoms with Gasteiger partial charge in [0, 0.05) is 50.9 Å². The first-order chi connectivity index (χ1) is 11.5. The van der Waals surface area contributed by atoms with Crippen LogP contribution in [0.4, 0.5) is 5.69 Å². The Balaban J connectivity index is 0.00000225. The third-order valence-corrected chi connectivity index (χ3v) is 4.32. The van der Waals surface area contributed by atoms with Crippen LogP contribution in [0.1, 0.15) is 17.0 Å². The lowest BCUT2D eigenvalue weighted by atomic mass is 9.90. The highest BCUT2D eigenvalue weighted by molar-refractivity contribution is 5.85. The number of rotatable bonds is 5. The van der Waals surface area contributed by atoms with Gasteiger partial charge in [-0.1, -0.05) is 12.1 Å². The van der Waals surface area contributed by atoms with Crippen LogP contribution in [0.3, 0.4) is 0 Å². The van der Waals surface area contributed by atoms with Crippen molar-refractivity contribution in [3.05, 3.63) is 57.9 Å². The SMILES string of the molecule is Cl.Cn1cc([C@H]2CNC[C@@H]2C(=O)NCc2ccc([N+](=O)[O-])cc2)cn1. The summed E-state index contributed by atoms with van der Waals surface area (Å²) in [4.78, 5) is 22.7. The average Bonchev–Trinajstić information content (AvgIpc) is 3.21. The molecule has 1 aromatic heterocycles. The van der Waals surface area contributed by atoms with Crippen molar-refractivity contribution >= 4 is 24.0 Å². The number of nitro benzene ring substituents is 1. The van der Waals surface area contributed by atoms with E-state index in [1.165, 1.54) is 12.1 Å². The van der Waals surface area contributed by atoms with Gasteiger partial charge in [-0.15, -0.1) is 12.4 Å². The fourth-order valence-electron chi connectivity index (χ4n) is 2.99. The van der Waals surface area contributed by atoms with Gasteiger partial charge in [0.2, 0.25) is 5.91 Å². The molecule has 1 fully saturated rings. The number of benzene rings is 1. The van der Waals surface area contributed by atoms with Crippen LogP contribution in [-0.4, -0.2) is 33.7 Å². The predicted molar refractivity (Wildman–Crippen MR) is 94.5 cm³/mol. The number of hydrogen-bond donors (Lipinski definition) is 2.